The third kappa shape index (κ3) is 3.90. The summed E-state index contributed by atoms with van der Waals surface area (Å²) in [5, 5.41) is 9.09. The van der Waals surface area contributed by atoms with Crippen molar-refractivity contribution in [3.8, 4) is 5.75 Å². The quantitative estimate of drug-likeness (QED) is 0.736. The van der Waals surface area contributed by atoms with Gasteiger partial charge >= 0.3 is 13.6 Å². The van der Waals surface area contributed by atoms with E-state index in [9.17, 15) is 9.36 Å². The van der Waals surface area contributed by atoms with Gasteiger partial charge in [-0.1, -0.05) is 0 Å². The number of aromatic carboxylic acids is 1. The maximum Gasteiger partial charge on any atom is 0.356 e. The predicted octanol–water partition coefficient (Wildman–Crippen LogP) is 2.81. The van der Waals surface area contributed by atoms with Gasteiger partial charge in [-0.05, 0) is 13.8 Å². The molecule has 1 N–H and O–H groups in total. The van der Waals surface area contributed by atoms with Crippen LogP contribution in [0.5, 0.6) is 5.75 Å². The minimum absolute atomic E-state index is 0.0161. The van der Waals surface area contributed by atoms with Crippen molar-refractivity contribution >= 4 is 19.2 Å². The Kier molecular flexibility index (Phi) is 5.41. The third-order valence-corrected chi connectivity index (χ3v) is 5.10. The van der Waals surface area contributed by atoms with Gasteiger partial charge in [0.05, 0.1) is 26.5 Å². The number of fused-ring (bicyclic) bond motifs is 1. The summed E-state index contributed by atoms with van der Waals surface area (Å²) >= 11 is 0. The maximum atomic E-state index is 12.7. The van der Waals surface area contributed by atoms with Gasteiger partial charge in [0.1, 0.15) is 11.4 Å². The zero-order valence-electron chi connectivity index (χ0n) is 13.2. The molecule has 2 rings (SSSR count). The van der Waals surface area contributed by atoms with Gasteiger partial charge in [0.2, 0.25) is 0 Å². The first kappa shape index (κ1) is 17.5. The van der Waals surface area contributed by atoms with Crippen LogP contribution in [-0.4, -0.2) is 40.8 Å². The second-order valence-corrected chi connectivity index (χ2v) is 6.71. The van der Waals surface area contributed by atoms with Crippen LogP contribution in [0.1, 0.15) is 30.0 Å². The highest BCUT2D eigenvalue weighted by atomic mass is 31.2. The lowest BCUT2D eigenvalue weighted by atomic mass is 10.3. The standard InChI is InChI=1S/C14H19N2O6P/c1-4-21-23(19,22-5-2)9-10-6-11(20-3)7-13-15-12(14(17)18)8-16(10)13/h6-8H,4-5,9H2,1-3H3,(H,17,18). The van der Waals surface area contributed by atoms with Crippen molar-refractivity contribution in [1.82, 2.24) is 9.38 Å². The number of rotatable bonds is 8. The van der Waals surface area contributed by atoms with Crippen molar-refractivity contribution in [2.24, 2.45) is 0 Å². The van der Waals surface area contributed by atoms with Gasteiger partial charge in [0.15, 0.2) is 5.69 Å². The Bertz CT molecular complexity index is 747. The van der Waals surface area contributed by atoms with Gasteiger partial charge in [-0.2, -0.15) is 0 Å². The van der Waals surface area contributed by atoms with Crippen LogP contribution in [0.4, 0.5) is 0 Å². The van der Waals surface area contributed by atoms with E-state index in [4.69, 9.17) is 18.9 Å². The summed E-state index contributed by atoms with van der Waals surface area (Å²) in [6, 6.07) is 3.26. The lowest BCUT2D eigenvalue weighted by molar-refractivity contribution is 0.0691. The number of pyridine rings is 1. The highest BCUT2D eigenvalue weighted by molar-refractivity contribution is 7.53. The Morgan fingerprint density at radius 2 is 1.96 bits per heavy atom. The topological polar surface area (TPSA) is 99.4 Å². The van der Waals surface area contributed by atoms with Crippen LogP contribution in [0.25, 0.3) is 5.65 Å². The number of nitrogens with zero attached hydrogens (tertiary/aromatic N) is 2. The summed E-state index contributed by atoms with van der Waals surface area (Å²) in [6.45, 7) is 3.95. The molecule has 9 heteroatoms. The maximum absolute atomic E-state index is 12.7. The van der Waals surface area contributed by atoms with Crippen LogP contribution in [0.15, 0.2) is 18.3 Å². The van der Waals surface area contributed by atoms with Crippen molar-refractivity contribution in [2.75, 3.05) is 20.3 Å². The molecule has 0 atom stereocenters. The molecule has 0 bridgehead atoms. The first-order valence-corrected chi connectivity index (χ1v) is 8.82. The lowest BCUT2D eigenvalue weighted by Gasteiger charge is -2.18. The van der Waals surface area contributed by atoms with Crippen LogP contribution in [0.2, 0.25) is 0 Å². The zero-order valence-corrected chi connectivity index (χ0v) is 14.1. The average molecular weight is 342 g/mol. The van der Waals surface area contributed by atoms with E-state index in [0.29, 0.717) is 17.1 Å². The molecule has 2 heterocycles. The van der Waals surface area contributed by atoms with E-state index < -0.39 is 13.6 Å². The van der Waals surface area contributed by atoms with Crippen molar-refractivity contribution < 1.29 is 28.3 Å². The Morgan fingerprint density at radius 1 is 1.30 bits per heavy atom. The highest BCUT2D eigenvalue weighted by Gasteiger charge is 2.26. The van der Waals surface area contributed by atoms with E-state index in [0.717, 1.165) is 0 Å². The van der Waals surface area contributed by atoms with E-state index in [1.807, 2.05) is 0 Å². The summed E-state index contributed by atoms with van der Waals surface area (Å²) in [5.74, 6) is -0.661. The molecule has 0 radical (unpaired) electrons. The molecule has 2 aromatic heterocycles. The van der Waals surface area contributed by atoms with E-state index >= 15 is 0 Å². The summed E-state index contributed by atoms with van der Waals surface area (Å²) in [7, 11) is -1.85. The number of hydrogen-bond acceptors (Lipinski definition) is 6. The molecule has 0 aliphatic heterocycles. The largest absolute Gasteiger partial charge is 0.497 e. The molecule has 0 aliphatic rings. The van der Waals surface area contributed by atoms with E-state index in [1.54, 1.807) is 30.4 Å². The molecule has 0 amide bonds. The molecule has 126 valence electrons. The summed E-state index contributed by atoms with van der Waals surface area (Å²) in [5.41, 5.74) is 0.808. The Labute approximate surface area is 133 Å². The molecule has 0 saturated carbocycles. The minimum atomic E-state index is -3.34. The molecular formula is C14H19N2O6P. The fourth-order valence-corrected chi connectivity index (χ4v) is 3.88. The monoisotopic (exact) mass is 342 g/mol. The number of methoxy groups -OCH3 is 1. The second kappa shape index (κ2) is 7.12. The molecule has 2 aromatic rings. The second-order valence-electron chi connectivity index (χ2n) is 4.65. The fraction of sp³-hybridized carbons (Fsp3) is 0.429. The minimum Gasteiger partial charge on any atom is -0.497 e. The molecule has 0 fully saturated rings. The van der Waals surface area contributed by atoms with Gasteiger partial charge in [-0.3, -0.25) is 4.57 Å². The SMILES string of the molecule is CCOP(=O)(Cc1cc(OC)cc2nc(C(=O)O)cn12)OCC. The number of carboxylic acid groups (broad SMARTS) is 1. The van der Waals surface area contributed by atoms with Crippen LogP contribution >= 0.6 is 7.60 Å². The average Bonchev–Trinajstić information content (AvgIpc) is 2.92. The van der Waals surface area contributed by atoms with Gasteiger partial charge in [-0.25, -0.2) is 9.78 Å². The van der Waals surface area contributed by atoms with Crippen LogP contribution < -0.4 is 4.74 Å². The third-order valence-electron chi connectivity index (χ3n) is 3.08. The predicted molar refractivity (Wildman–Crippen MR) is 83.3 cm³/mol. The highest BCUT2D eigenvalue weighted by Crippen LogP contribution is 2.51. The smallest absolute Gasteiger partial charge is 0.356 e. The normalized spacial score (nSPS) is 11.8. The summed E-state index contributed by atoms with van der Waals surface area (Å²) in [6.07, 6.45) is 1.35. The molecule has 23 heavy (non-hydrogen) atoms. The first-order chi connectivity index (χ1) is 10.9. The Balaban J connectivity index is 2.52. The van der Waals surface area contributed by atoms with Crippen molar-refractivity contribution in [2.45, 2.75) is 20.0 Å². The molecular weight excluding hydrogens is 323 g/mol. The van der Waals surface area contributed by atoms with Crippen LogP contribution in [0.3, 0.4) is 0 Å². The summed E-state index contributed by atoms with van der Waals surface area (Å²) < 4.78 is 30.1. The molecule has 0 aliphatic carbocycles. The number of carbonyl (C=O) groups is 1. The van der Waals surface area contributed by atoms with E-state index in [1.165, 1.54) is 13.3 Å². The number of aromatic nitrogens is 2. The fourth-order valence-electron chi connectivity index (χ4n) is 2.19. The van der Waals surface area contributed by atoms with Crippen molar-refractivity contribution in [1.29, 1.82) is 0 Å². The Hall–Kier alpha value is -1.89. The molecule has 0 aromatic carbocycles. The van der Waals surface area contributed by atoms with Gasteiger partial charge in [0, 0.05) is 24.0 Å². The van der Waals surface area contributed by atoms with E-state index in [-0.39, 0.29) is 25.1 Å². The number of hydrogen-bond donors (Lipinski definition) is 1. The van der Waals surface area contributed by atoms with Crippen LogP contribution in [0, 0.1) is 0 Å². The summed E-state index contributed by atoms with van der Waals surface area (Å²) in [4.78, 5) is 15.1. The lowest BCUT2D eigenvalue weighted by Crippen LogP contribution is -2.03. The first-order valence-electron chi connectivity index (χ1n) is 7.10. The van der Waals surface area contributed by atoms with Gasteiger partial charge < -0.3 is 23.3 Å². The zero-order chi connectivity index (χ0) is 17.0. The molecule has 0 saturated heterocycles. The van der Waals surface area contributed by atoms with Crippen molar-refractivity contribution in [3.05, 3.63) is 29.7 Å². The number of carboxylic acids is 1. The Morgan fingerprint density at radius 3 is 2.48 bits per heavy atom. The molecule has 8 nitrogen and oxygen atoms in total. The van der Waals surface area contributed by atoms with Crippen molar-refractivity contribution in [3.63, 3.8) is 0 Å². The van der Waals surface area contributed by atoms with Crippen LogP contribution in [-0.2, 0) is 19.8 Å². The molecule has 0 spiro atoms. The van der Waals surface area contributed by atoms with Gasteiger partial charge in [-0.15, -0.1) is 0 Å². The molecule has 0 unspecified atom stereocenters. The van der Waals surface area contributed by atoms with E-state index in [2.05, 4.69) is 4.98 Å². The number of imidazole rings is 1. The van der Waals surface area contributed by atoms with Gasteiger partial charge in [0.25, 0.3) is 0 Å². The number of ether oxygens (including phenoxy) is 1.